The summed E-state index contributed by atoms with van der Waals surface area (Å²) in [7, 11) is 0. The van der Waals surface area contributed by atoms with Gasteiger partial charge in [0.1, 0.15) is 11.4 Å². The van der Waals surface area contributed by atoms with Crippen LogP contribution in [-0.4, -0.2) is 15.6 Å². The molecular formula is C18H17FN2O3S. The van der Waals surface area contributed by atoms with Crippen molar-refractivity contribution in [2.75, 3.05) is 5.32 Å². The van der Waals surface area contributed by atoms with Crippen molar-refractivity contribution >= 4 is 33.1 Å². The zero-order valence-corrected chi connectivity index (χ0v) is 14.6. The van der Waals surface area contributed by atoms with E-state index in [1.165, 1.54) is 34.1 Å². The van der Waals surface area contributed by atoms with Gasteiger partial charge in [0.05, 0.1) is 10.2 Å². The summed E-state index contributed by atoms with van der Waals surface area (Å²) in [5.74, 6) is -1.59. The molecule has 0 radical (unpaired) electrons. The first-order valence-corrected chi connectivity index (χ1v) is 8.72. The third-order valence-electron chi connectivity index (χ3n) is 3.97. The lowest BCUT2D eigenvalue weighted by molar-refractivity contribution is 0.102. The molecule has 0 aliphatic carbocycles. The Labute approximate surface area is 147 Å². The number of benzene rings is 1. The summed E-state index contributed by atoms with van der Waals surface area (Å²) in [6, 6.07) is 5.74. The maximum absolute atomic E-state index is 13.4. The monoisotopic (exact) mass is 360 g/mol. The minimum absolute atomic E-state index is 0.261. The van der Waals surface area contributed by atoms with Crippen LogP contribution in [0, 0.1) is 12.7 Å². The van der Waals surface area contributed by atoms with E-state index in [-0.39, 0.29) is 17.0 Å². The fraction of sp³-hybridized carbons (Fsp3) is 0.222. The summed E-state index contributed by atoms with van der Waals surface area (Å²) in [6.45, 7) is 4.08. The van der Waals surface area contributed by atoms with Gasteiger partial charge in [0.15, 0.2) is 5.75 Å². The van der Waals surface area contributed by atoms with E-state index in [2.05, 4.69) is 5.32 Å². The van der Waals surface area contributed by atoms with Crippen LogP contribution in [0.5, 0.6) is 5.75 Å². The molecule has 25 heavy (non-hydrogen) atoms. The normalized spacial score (nSPS) is 11.0. The SMILES string of the molecule is CCCn1c(=O)c(C(=O)Nc2cc(F)ccc2C)c(O)c2sccc21. The number of hydrogen-bond donors (Lipinski definition) is 2. The molecule has 1 amide bonds. The van der Waals surface area contributed by atoms with Crippen LogP contribution >= 0.6 is 11.3 Å². The van der Waals surface area contributed by atoms with Gasteiger partial charge in [-0.15, -0.1) is 11.3 Å². The highest BCUT2D eigenvalue weighted by atomic mass is 32.1. The molecule has 0 aliphatic heterocycles. The van der Waals surface area contributed by atoms with Crippen molar-refractivity contribution < 1.29 is 14.3 Å². The van der Waals surface area contributed by atoms with Gasteiger partial charge in [-0.05, 0) is 42.5 Å². The molecule has 2 aromatic heterocycles. The van der Waals surface area contributed by atoms with Crippen molar-refractivity contribution in [3.05, 3.63) is 56.9 Å². The van der Waals surface area contributed by atoms with Crippen molar-refractivity contribution in [3.63, 3.8) is 0 Å². The molecule has 0 aliphatic rings. The number of nitrogens with zero attached hydrogens (tertiary/aromatic N) is 1. The summed E-state index contributed by atoms with van der Waals surface area (Å²) in [5, 5.41) is 14.7. The molecule has 7 heteroatoms. The van der Waals surface area contributed by atoms with Gasteiger partial charge in [-0.2, -0.15) is 0 Å². The van der Waals surface area contributed by atoms with E-state index in [9.17, 15) is 19.1 Å². The highest BCUT2D eigenvalue weighted by molar-refractivity contribution is 7.17. The third kappa shape index (κ3) is 3.02. The number of carbonyl (C=O) groups excluding carboxylic acids is 1. The van der Waals surface area contributed by atoms with E-state index in [0.29, 0.717) is 28.7 Å². The van der Waals surface area contributed by atoms with Gasteiger partial charge in [0, 0.05) is 12.2 Å². The Bertz CT molecular complexity index is 1020. The quantitative estimate of drug-likeness (QED) is 0.742. The van der Waals surface area contributed by atoms with Crippen LogP contribution in [0.25, 0.3) is 10.2 Å². The number of nitrogens with one attached hydrogen (secondary N) is 1. The van der Waals surface area contributed by atoms with E-state index in [0.717, 1.165) is 0 Å². The minimum atomic E-state index is -0.753. The molecule has 0 saturated heterocycles. The predicted molar refractivity (Wildman–Crippen MR) is 97.1 cm³/mol. The van der Waals surface area contributed by atoms with Crippen LogP contribution in [0.1, 0.15) is 29.3 Å². The van der Waals surface area contributed by atoms with E-state index >= 15 is 0 Å². The number of aromatic hydroxyl groups is 1. The molecule has 2 heterocycles. The minimum Gasteiger partial charge on any atom is -0.505 e. The number of aromatic nitrogens is 1. The highest BCUT2D eigenvalue weighted by Gasteiger charge is 2.23. The first-order chi connectivity index (χ1) is 11.9. The maximum Gasteiger partial charge on any atom is 0.267 e. The summed E-state index contributed by atoms with van der Waals surface area (Å²) in [4.78, 5) is 25.4. The number of fused-ring (bicyclic) bond motifs is 1. The number of aryl methyl sites for hydroxylation is 2. The van der Waals surface area contributed by atoms with Gasteiger partial charge < -0.3 is 15.0 Å². The fourth-order valence-electron chi connectivity index (χ4n) is 2.72. The Morgan fingerprint density at radius 2 is 2.12 bits per heavy atom. The molecule has 0 fully saturated rings. The zero-order chi connectivity index (χ0) is 18.1. The van der Waals surface area contributed by atoms with Crippen LogP contribution < -0.4 is 10.9 Å². The van der Waals surface area contributed by atoms with Gasteiger partial charge in [-0.1, -0.05) is 13.0 Å². The second-order valence-corrected chi connectivity index (χ2v) is 6.64. The first kappa shape index (κ1) is 17.2. The van der Waals surface area contributed by atoms with Crippen molar-refractivity contribution in [2.24, 2.45) is 0 Å². The number of rotatable bonds is 4. The average Bonchev–Trinajstić information content (AvgIpc) is 3.05. The molecule has 1 aromatic carbocycles. The second kappa shape index (κ2) is 6.68. The number of halogens is 1. The van der Waals surface area contributed by atoms with Gasteiger partial charge in [0.2, 0.25) is 0 Å². The number of thiophene rings is 1. The largest absolute Gasteiger partial charge is 0.505 e. The molecular weight excluding hydrogens is 343 g/mol. The first-order valence-electron chi connectivity index (χ1n) is 7.84. The molecule has 0 saturated carbocycles. The summed E-state index contributed by atoms with van der Waals surface area (Å²) in [5.41, 5.74) is 0.633. The number of anilines is 1. The highest BCUT2D eigenvalue weighted by Crippen LogP contribution is 2.31. The number of carbonyl (C=O) groups is 1. The van der Waals surface area contributed by atoms with Crippen LogP contribution in [0.4, 0.5) is 10.1 Å². The van der Waals surface area contributed by atoms with Gasteiger partial charge in [-0.25, -0.2) is 4.39 Å². The molecule has 0 bridgehead atoms. The van der Waals surface area contributed by atoms with Crippen LogP contribution in [0.2, 0.25) is 0 Å². The van der Waals surface area contributed by atoms with E-state index in [1.807, 2.05) is 6.92 Å². The van der Waals surface area contributed by atoms with Gasteiger partial charge in [-0.3, -0.25) is 9.59 Å². The van der Waals surface area contributed by atoms with Crippen molar-refractivity contribution in [2.45, 2.75) is 26.8 Å². The fourth-order valence-corrected chi connectivity index (χ4v) is 3.56. The van der Waals surface area contributed by atoms with Crippen molar-refractivity contribution in [1.29, 1.82) is 0 Å². The van der Waals surface area contributed by atoms with E-state index in [4.69, 9.17) is 0 Å². The standard InChI is InChI=1S/C18H17FN2O3S/c1-3-7-21-13-6-8-25-16(13)15(22)14(18(21)24)17(23)20-12-9-11(19)5-4-10(12)2/h4-6,8-9,22H,3,7H2,1-2H3,(H,20,23). The van der Waals surface area contributed by atoms with Crippen molar-refractivity contribution in [1.82, 2.24) is 4.57 Å². The molecule has 5 nitrogen and oxygen atoms in total. The van der Waals surface area contributed by atoms with E-state index < -0.39 is 17.3 Å². The lowest BCUT2D eigenvalue weighted by Gasteiger charge is -2.13. The molecule has 0 unspecified atom stereocenters. The molecule has 2 N–H and O–H groups in total. The molecule has 0 atom stereocenters. The van der Waals surface area contributed by atoms with Crippen LogP contribution in [0.15, 0.2) is 34.4 Å². The van der Waals surface area contributed by atoms with E-state index in [1.54, 1.807) is 18.4 Å². The number of amides is 1. The number of hydrogen-bond acceptors (Lipinski definition) is 4. The maximum atomic E-state index is 13.4. The zero-order valence-electron chi connectivity index (χ0n) is 13.8. The molecule has 0 spiro atoms. The predicted octanol–water partition coefficient (Wildman–Crippen LogP) is 3.88. The summed E-state index contributed by atoms with van der Waals surface area (Å²) >= 11 is 1.26. The topological polar surface area (TPSA) is 71.3 Å². The molecule has 130 valence electrons. The van der Waals surface area contributed by atoms with Crippen molar-refractivity contribution in [3.8, 4) is 5.75 Å². The lowest BCUT2D eigenvalue weighted by Crippen LogP contribution is -2.29. The molecule has 3 aromatic rings. The molecule has 3 rings (SSSR count). The smallest absolute Gasteiger partial charge is 0.267 e. The second-order valence-electron chi connectivity index (χ2n) is 5.73. The summed E-state index contributed by atoms with van der Waals surface area (Å²) < 4.78 is 15.4. The number of pyridine rings is 1. The Kier molecular flexibility index (Phi) is 4.59. The van der Waals surface area contributed by atoms with Crippen LogP contribution in [-0.2, 0) is 6.54 Å². The Morgan fingerprint density at radius 3 is 2.84 bits per heavy atom. The Morgan fingerprint density at radius 1 is 1.36 bits per heavy atom. The third-order valence-corrected chi connectivity index (χ3v) is 4.88. The van der Waals surface area contributed by atoms with Gasteiger partial charge >= 0.3 is 0 Å². The Hall–Kier alpha value is -2.67. The van der Waals surface area contributed by atoms with Gasteiger partial charge in [0.25, 0.3) is 11.5 Å². The summed E-state index contributed by atoms with van der Waals surface area (Å²) in [6.07, 6.45) is 0.708. The Balaban J connectivity index is 2.13. The van der Waals surface area contributed by atoms with Crippen LogP contribution in [0.3, 0.4) is 0 Å². The lowest BCUT2D eigenvalue weighted by atomic mass is 10.1. The average molecular weight is 360 g/mol.